The molecule has 1 aliphatic carbocycles. The molecular formula is C18H28N2O2. The summed E-state index contributed by atoms with van der Waals surface area (Å²) in [7, 11) is 0. The van der Waals surface area contributed by atoms with E-state index in [0.717, 1.165) is 31.4 Å². The molecule has 122 valence electrons. The van der Waals surface area contributed by atoms with Gasteiger partial charge in [0.2, 0.25) is 5.91 Å². The average Bonchev–Trinajstić information content (AvgIpc) is 2.55. The summed E-state index contributed by atoms with van der Waals surface area (Å²) in [5.41, 5.74) is 7.60. The average molecular weight is 304 g/mol. The molecule has 1 atom stereocenters. The zero-order chi connectivity index (χ0) is 15.8. The Morgan fingerprint density at radius 1 is 1.27 bits per heavy atom. The van der Waals surface area contributed by atoms with Crippen LogP contribution in [0.3, 0.4) is 0 Å². The fraction of sp³-hybridized carbons (Fsp3) is 0.611. The minimum atomic E-state index is -0.311. The highest BCUT2D eigenvalue weighted by Crippen LogP contribution is 2.22. The minimum absolute atomic E-state index is 0.0171. The molecule has 1 fully saturated rings. The lowest BCUT2D eigenvalue weighted by molar-refractivity contribution is -0.138. The number of nitrogens with one attached hydrogen (secondary N) is 1. The van der Waals surface area contributed by atoms with Crippen molar-refractivity contribution in [1.82, 2.24) is 5.32 Å². The van der Waals surface area contributed by atoms with Crippen molar-refractivity contribution in [2.24, 2.45) is 0 Å². The third-order valence-corrected chi connectivity index (χ3v) is 4.26. The third kappa shape index (κ3) is 5.34. The molecule has 0 saturated heterocycles. The van der Waals surface area contributed by atoms with E-state index in [0.29, 0.717) is 6.54 Å². The van der Waals surface area contributed by atoms with Crippen molar-refractivity contribution >= 4 is 11.6 Å². The maximum absolute atomic E-state index is 12.2. The Balaban J connectivity index is 1.72. The highest BCUT2D eigenvalue weighted by Gasteiger charge is 2.23. The molecule has 4 heteroatoms. The number of rotatable bonds is 7. The van der Waals surface area contributed by atoms with Gasteiger partial charge in [0.15, 0.2) is 0 Å². The van der Waals surface area contributed by atoms with E-state index in [1.807, 2.05) is 31.2 Å². The van der Waals surface area contributed by atoms with Gasteiger partial charge in [-0.15, -0.1) is 0 Å². The second-order valence-electron chi connectivity index (χ2n) is 6.08. The van der Waals surface area contributed by atoms with E-state index in [1.54, 1.807) is 0 Å². The lowest BCUT2D eigenvalue weighted by atomic mass is 9.97. The summed E-state index contributed by atoms with van der Waals surface area (Å²) >= 11 is 0. The Labute approximate surface area is 133 Å². The van der Waals surface area contributed by atoms with Gasteiger partial charge in [-0.2, -0.15) is 0 Å². The van der Waals surface area contributed by atoms with E-state index in [9.17, 15) is 4.79 Å². The number of carbonyl (C=O) groups is 1. The van der Waals surface area contributed by atoms with Gasteiger partial charge in [0.05, 0.1) is 6.10 Å². The summed E-state index contributed by atoms with van der Waals surface area (Å²) in [5.74, 6) is 0.0171. The first-order valence-electron chi connectivity index (χ1n) is 8.46. The number of ether oxygens (including phenoxy) is 1. The number of hydrogen-bond acceptors (Lipinski definition) is 3. The normalized spacial score (nSPS) is 17.1. The molecule has 0 aromatic heterocycles. The fourth-order valence-electron chi connectivity index (χ4n) is 2.91. The lowest BCUT2D eigenvalue weighted by Gasteiger charge is -2.26. The van der Waals surface area contributed by atoms with Gasteiger partial charge in [-0.1, -0.05) is 38.3 Å². The van der Waals surface area contributed by atoms with Crippen LogP contribution >= 0.6 is 0 Å². The number of hydrogen-bond donors (Lipinski definition) is 2. The van der Waals surface area contributed by atoms with E-state index in [-0.39, 0.29) is 18.1 Å². The Hall–Kier alpha value is -1.55. The van der Waals surface area contributed by atoms with Crippen LogP contribution in [-0.2, 0) is 16.0 Å². The summed E-state index contributed by atoms with van der Waals surface area (Å²) in [6, 6.07) is 7.77. The molecule has 1 amide bonds. The molecule has 0 radical (unpaired) electrons. The number of nitrogen functional groups attached to an aromatic ring is 1. The van der Waals surface area contributed by atoms with Crippen molar-refractivity contribution in [2.45, 2.75) is 64.1 Å². The summed E-state index contributed by atoms with van der Waals surface area (Å²) in [6.07, 6.45) is 7.42. The van der Waals surface area contributed by atoms with E-state index in [1.165, 1.54) is 24.8 Å². The van der Waals surface area contributed by atoms with Crippen molar-refractivity contribution in [1.29, 1.82) is 0 Å². The van der Waals surface area contributed by atoms with Crippen LogP contribution in [0.1, 0.15) is 51.0 Å². The molecule has 0 aliphatic heterocycles. The van der Waals surface area contributed by atoms with E-state index < -0.39 is 0 Å². The third-order valence-electron chi connectivity index (χ3n) is 4.26. The monoisotopic (exact) mass is 304 g/mol. The zero-order valence-corrected chi connectivity index (χ0v) is 13.5. The SMILES string of the molecule is CCC(OC1CCCCC1)C(=O)NCCc1ccc(N)cc1. The van der Waals surface area contributed by atoms with Gasteiger partial charge in [0.25, 0.3) is 0 Å². The van der Waals surface area contributed by atoms with E-state index in [2.05, 4.69) is 5.32 Å². The molecule has 1 aromatic carbocycles. The summed E-state index contributed by atoms with van der Waals surface area (Å²) in [5, 5.41) is 2.99. The number of anilines is 1. The first-order valence-corrected chi connectivity index (χ1v) is 8.46. The van der Waals surface area contributed by atoms with Crippen LogP contribution in [0.15, 0.2) is 24.3 Å². The molecule has 4 nitrogen and oxygen atoms in total. The predicted octanol–water partition coefficient (Wildman–Crippen LogP) is 3.06. The van der Waals surface area contributed by atoms with Crippen LogP contribution in [-0.4, -0.2) is 24.7 Å². The predicted molar refractivity (Wildman–Crippen MR) is 89.6 cm³/mol. The zero-order valence-electron chi connectivity index (χ0n) is 13.5. The van der Waals surface area contributed by atoms with Crippen molar-refractivity contribution in [3.8, 4) is 0 Å². The van der Waals surface area contributed by atoms with Gasteiger partial charge in [-0.3, -0.25) is 4.79 Å². The molecule has 0 spiro atoms. The molecule has 3 N–H and O–H groups in total. The quantitative estimate of drug-likeness (QED) is 0.761. The van der Waals surface area contributed by atoms with Gasteiger partial charge in [-0.25, -0.2) is 0 Å². The molecule has 1 unspecified atom stereocenters. The number of amides is 1. The van der Waals surface area contributed by atoms with Crippen LogP contribution in [0.5, 0.6) is 0 Å². The van der Waals surface area contributed by atoms with Gasteiger partial charge >= 0.3 is 0 Å². The van der Waals surface area contributed by atoms with Crippen LogP contribution < -0.4 is 11.1 Å². The van der Waals surface area contributed by atoms with E-state index in [4.69, 9.17) is 10.5 Å². The van der Waals surface area contributed by atoms with Crippen molar-refractivity contribution < 1.29 is 9.53 Å². The Morgan fingerprint density at radius 3 is 2.59 bits per heavy atom. The van der Waals surface area contributed by atoms with Crippen LogP contribution in [0.2, 0.25) is 0 Å². The molecule has 22 heavy (non-hydrogen) atoms. The van der Waals surface area contributed by atoms with Crippen molar-refractivity contribution in [2.75, 3.05) is 12.3 Å². The van der Waals surface area contributed by atoms with Gasteiger partial charge in [0, 0.05) is 12.2 Å². The first-order chi connectivity index (χ1) is 10.7. The first kappa shape index (κ1) is 16.8. The highest BCUT2D eigenvalue weighted by molar-refractivity contribution is 5.80. The van der Waals surface area contributed by atoms with Crippen molar-refractivity contribution in [3.63, 3.8) is 0 Å². The fourth-order valence-corrected chi connectivity index (χ4v) is 2.91. The maximum Gasteiger partial charge on any atom is 0.249 e. The van der Waals surface area contributed by atoms with Crippen LogP contribution in [0.4, 0.5) is 5.69 Å². The van der Waals surface area contributed by atoms with Crippen molar-refractivity contribution in [3.05, 3.63) is 29.8 Å². The molecular weight excluding hydrogens is 276 g/mol. The Bertz CT molecular complexity index is 453. The highest BCUT2D eigenvalue weighted by atomic mass is 16.5. The van der Waals surface area contributed by atoms with E-state index >= 15 is 0 Å². The summed E-state index contributed by atoms with van der Waals surface area (Å²) < 4.78 is 5.99. The molecule has 1 aliphatic rings. The number of benzene rings is 1. The molecule has 0 heterocycles. The Morgan fingerprint density at radius 2 is 1.95 bits per heavy atom. The molecule has 1 saturated carbocycles. The van der Waals surface area contributed by atoms with Gasteiger partial charge < -0.3 is 15.8 Å². The molecule has 0 bridgehead atoms. The number of carbonyl (C=O) groups excluding carboxylic acids is 1. The topological polar surface area (TPSA) is 64.3 Å². The van der Waals surface area contributed by atoms with Crippen LogP contribution in [0.25, 0.3) is 0 Å². The lowest BCUT2D eigenvalue weighted by Crippen LogP contribution is -2.39. The molecule has 2 rings (SSSR count). The minimum Gasteiger partial charge on any atom is -0.399 e. The largest absolute Gasteiger partial charge is 0.399 e. The second-order valence-corrected chi connectivity index (χ2v) is 6.08. The van der Waals surface area contributed by atoms with Gasteiger partial charge in [-0.05, 0) is 43.4 Å². The van der Waals surface area contributed by atoms with Gasteiger partial charge in [0.1, 0.15) is 6.10 Å². The summed E-state index contributed by atoms with van der Waals surface area (Å²) in [4.78, 5) is 12.2. The summed E-state index contributed by atoms with van der Waals surface area (Å²) in [6.45, 7) is 2.64. The smallest absolute Gasteiger partial charge is 0.249 e. The number of nitrogens with two attached hydrogens (primary N) is 1. The standard InChI is InChI=1S/C18H28N2O2/c1-2-17(22-16-6-4-3-5-7-16)18(21)20-13-12-14-8-10-15(19)11-9-14/h8-11,16-17H,2-7,12-13,19H2,1H3,(H,20,21). The van der Waals surface area contributed by atoms with Crippen LogP contribution in [0, 0.1) is 0 Å². The molecule has 1 aromatic rings. The second kappa shape index (κ2) is 8.79. The Kier molecular flexibility index (Phi) is 6.72. The maximum atomic E-state index is 12.2.